The molecule has 1 aliphatic heterocycles. The number of morpholine rings is 1. The number of hydrogen-bond acceptors (Lipinski definition) is 4. The van der Waals surface area contributed by atoms with Crippen molar-refractivity contribution in [2.24, 2.45) is 0 Å². The average molecular weight is 337 g/mol. The molecule has 1 amide bonds. The highest BCUT2D eigenvalue weighted by atomic mass is 35.5. The fraction of sp³-hybridized carbons (Fsp3) is 0.375. The number of aryl methyl sites for hydroxylation is 1. The lowest BCUT2D eigenvalue weighted by atomic mass is 10.1. The van der Waals surface area contributed by atoms with Crippen LogP contribution >= 0.6 is 22.9 Å². The summed E-state index contributed by atoms with van der Waals surface area (Å²) in [6.45, 7) is 3.66. The molecule has 1 atom stereocenters. The molecule has 3 rings (SSSR count). The van der Waals surface area contributed by atoms with Gasteiger partial charge in [-0.05, 0) is 24.6 Å². The quantitative estimate of drug-likeness (QED) is 0.864. The van der Waals surface area contributed by atoms with Crippen molar-refractivity contribution in [2.45, 2.75) is 19.4 Å². The van der Waals surface area contributed by atoms with Crippen molar-refractivity contribution in [2.75, 3.05) is 19.7 Å². The van der Waals surface area contributed by atoms with Crippen LogP contribution < -0.4 is 0 Å². The Labute approximate surface area is 138 Å². The van der Waals surface area contributed by atoms with E-state index in [0.29, 0.717) is 19.7 Å². The van der Waals surface area contributed by atoms with Crippen LogP contribution in [0.5, 0.6) is 0 Å². The van der Waals surface area contributed by atoms with E-state index >= 15 is 0 Å². The number of benzene rings is 1. The highest BCUT2D eigenvalue weighted by molar-refractivity contribution is 7.11. The van der Waals surface area contributed by atoms with Gasteiger partial charge in [-0.15, -0.1) is 11.3 Å². The van der Waals surface area contributed by atoms with Gasteiger partial charge >= 0.3 is 0 Å². The molecule has 0 N–H and O–H groups in total. The summed E-state index contributed by atoms with van der Waals surface area (Å²) in [7, 11) is 0. The molecule has 0 aliphatic carbocycles. The van der Waals surface area contributed by atoms with E-state index < -0.39 is 0 Å². The highest BCUT2D eigenvalue weighted by Crippen LogP contribution is 2.19. The smallest absolute Gasteiger partial charge is 0.266 e. The largest absolute Gasteiger partial charge is 0.374 e. The minimum Gasteiger partial charge on any atom is -0.374 e. The minimum absolute atomic E-state index is 0.00407. The highest BCUT2D eigenvalue weighted by Gasteiger charge is 2.27. The number of ether oxygens (including phenoxy) is 1. The molecule has 6 heteroatoms. The van der Waals surface area contributed by atoms with Crippen molar-refractivity contribution < 1.29 is 9.53 Å². The molecule has 1 aromatic heterocycles. The Bertz CT molecular complexity index is 674. The third-order valence-electron chi connectivity index (χ3n) is 3.72. The fourth-order valence-electron chi connectivity index (χ4n) is 2.60. The summed E-state index contributed by atoms with van der Waals surface area (Å²) >= 11 is 7.41. The van der Waals surface area contributed by atoms with E-state index in [9.17, 15) is 4.79 Å². The summed E-state index contributed by atoms with van der Waals surface area (Å²) in [6, 6.07) is 7.77. The maximum absolute atomic E-state index is 12.6. The second-order valence-corrected chi connectivity index (χ2v) is 6.64. The van der Waals surface area contributed by atoms with E-state index in [2.05, 4.69) is 4.98 Å². The Morgan fingerprint density at radius 3 is 3.14 bits per heavy atom. The number of hydrogen-bond donors (Lipinski definition) is 0. The lowest BCUT2D eigenvalue weighted by Gasteiger charge is -2.33. The monoisotopic (exact) mass is 336 g/mol. The van der Waals surface area contributed by atoms with Crippen molar-refractivity contribution in [3.63, 3.8) is 0 Å². The van der Waals surface area contributed by atoms with Gasteiger partial charge in [-0.25, -0.2) is 4.98 Å². The predicted octanol–water partition coefficient (Wildman–Crippen LogP) is 3.19. The molecule has 0 radical (unpaired) electrons. The first-order valence-electron chi connectivity index (χ1n) is 7.19. The van der Waals surface area contributed by atoms with Gasteiger partial charge in [-0.3, -0.25) is 4.79 Å². The second-order valence-electron chi connectivity index (χ2n) is 5.34. The molecule has 2 heterocycles. The van der Waals surface area contributed by atoms with Crippen molar-refractivity contribution in [3.05, 3.63) is 50.9 Å². The molecule has 1 aliphatic rings. The van der Waals surface area contributed by atoms with Crippen molar-refractivity contribution in [3.8, 4) is 0 Å². The number of carbonyl (C=O) groups is 1. The Morgan fingerprint density at radius 2 is 2.41 bits per heavy atom. The molecule has 1 saturated heterocycles. The summed E-state index contributed by atoms with van der Waals surface area (Å²) in [4.78, 5) is 19.3. The molecule has 0 unspecified atom stereocenters. The van der Waals surface area contributed by atoms with Crippen molar-refractivity contribution >= 4 is 28.8 Å². The molecule has 0 bridgehead atoms. The normalized spacial score (nSPS) is 18.5. The fourth-order valence-corrected chi connectivity index (χ4v) is 3.59. The summed E-state index contributed by atoms with van der Waals surface area (Å²) in [5.74, 6) is 0.0550. The standard InChI is InChI=1S/C16H17ClN2O2S/c1-11-15(22-10-18-11)16(20)19-5-6-21-14(9-19)8-12-3-2-4-13(17)7-12/h2-4,7,10,14H,5-6,8-9H2,1H3/t14-/m1/s1. The van der Waals surface area contributed by atoms with E-state index in [0.717, 1.165) is 27.6 Å². The van der Waals surface area contributed by atoms with E-state index in [1.807, 2.05) is 36.1 Å². The molecular weight excluding hydrogens is 320 g/mol. The Kier molecular flexibility index (Phi) is 4.76. The van der Waals surface area contributed by atoms with Gasteiger partial charge in [0.25, 0.3) is 5.91 Å². The lowest BCUT2D eigenvalue weighted by molar-refractivity contribution is -0.0206. The van der Waals surface area contributed by atoms with Gasteiger partial charge in [-0.2, -0.15) is 0 Å². The maximum Gasteiger partial charge on any atom is 0.266 e. The molecular formula is C16H17ClN2O2S. The van der Waals surface area contributed by atoms with Crippen LogP contribution in [0, 0.1) is 6.92 Å². The third kappa shape index (κ3) is 3.48. The SMILES string of the molecule is Cc1ncsc1C(=O)N1CCO[C@H](Cc2cccc(Cl)c2)C1. The van der Waals surface area contributed by atoms with Gasteiger partial charge < -0.3 is 9.64 Å². The van der Waals surface area contributed by atoms with E-state index in [1.165, 1.54) is 11.3 Å². The molecule has 0 spiro atoms. The number of halogens is 1. The van der Waals surface area contributed by atoms with Crippen molar-refractivity contribution in [1.29, 1.82) is 0 Å². The van der Waals surface area contributed by atoms with Gasteiger partial charge in [0.15, 0.2) is 0 Å². The molecule has 2 aromatic rings. The molecule has 1 aromatic carbocycles. The molecule has 4 nitrogen and oxygen atoms in total. The first-order chi connectivity index (χ1) is 10.6. The van der Waals surface area contributed by atoms with E-state index in [4.69, 9.17) is 16.3 Å². The zero-order valence-electron chi connectivity index (χ0n) is 12.3. The molecule has 116 valence electrons. The Hall–Kier alpha value is -1.43. The summed E-state index contributed by atoms with van der Waals surface area (Å²) < 4.78 is 5.80. The van der Waals surface area contributed by atoms with Crippen LogP contribution in [0.1, 0.15) is 20.9 Å². The van der Waals surface area contributed by atoms with Crippen LogP contribution in [0.15, 0.2) is 29.8 Å². The van der Waals surface area contributed by atoms with E-state index in [1.54, 1.807) is 5.51 Å². The van der Waals surface area contributed by atoms with Gasteiger partial charge in [-0.1, -0.05) is 23.7 Å². The summed E-state index contributed by atoms with van der Waals surface area (Å²) in [5, 5.41) is 0.724. The zero-order valence-corrected chi connectivity index (χ0v) is 13.9. The maximum atomic E-state index is 12.6. The van der Waals surface area contributed by atoms with Gasteiger partial charge in [0.2, 0.25) is 0 Å². The summed E-state index contributed by atoms with van der Waals surface area (Å²) in [6.07, 6.45) is 0.760. The first-order valence-corrected chi connectivity index (χ1v) is 8.44. The zero-order chi connectivity index (χ0) is 15.5. The predicted molar refractivity (Wildman–Crippen MR) is 87.7 cm³/mol. The Morgan fingerprint density at radius 1 is 1.55 bits per heavy atom. The van der Waals surface area contributed by atoms with Gasteiger partial charge in [0, 0.05) is 24.5 Å². The van der Waals surface area contributed by atoms with Crippen LogP contribution in [-0.4, -0.2) is 41.6 Å². The molecule has 1 fully saturated rings. The number of amides is 1. The van der Waals surface area contributed by atoms with Crippen LogP contribution in [0.3, 0.4) is 0 Å². The molecule has 22 heavy (non-hydrogen) atoms. The second kappa shape index (κ2) is 6.77. The third-order valence-corrected chi connectivity index (χ3v) is 4.87. The van der Waals surface area contributed by atoms with Crippen LogP contribution in [0.2, 0.25) is 5.02 Å². The first kappa shape index (κ1) is 15.5. The number of rotatable bonds is 3. The van der Waals surface area contributed by atoms with Crippen LogP contribution in [0.25, 0.3) is 0 Å². The number of aromatic nitrogens is 1. The summed E-state index contributed by atoms with van der Waals surface area (Å²) in [5.41, 5.74) is 3.64. The minimum atomic E-state index is 0.00407. The van der Waals surface area contributed by atoms with Crippen molar-refractivity contribution in [1.82, 2.24) is 9.88 Å². The van der Waals surface area contributed by atoms with Gasteiger partial charge in [0.1, 0.15) is 4.88 Å². The number of carbonyl (C=O) groups excluding carboxylic acids is 1. The van der Waals surface area contributed by atoms with Crippen LogP contribution in [-0.2, 0) is 11.2 Å². The van der Waals surface area contributed by atoms with Crippen LogP contribution in [0.4, 0.5) is 0 Å². The average Bonchev–Trinajstić information content (AvgIpc) is 2.93. The molecule has 0 saturated carbocycles. The number of thiazole rings is 1. The van der Waals surface area contributed by atoms with Gasteiger partial charge in [0.05, 0.1) is 23.9 Å². The Balaban J connectivity index is 1.67. The lowest BCUT2D eigenvalue weighted by Crippen LogP contribution is -2.46. The number of nitrogens with zero attached hydrogens (tertiary/aromatic N) is 2. The topological polar surface area (TPSA) is 42.4 Å². The van der Waals surface area contributed by atoms with E-state index in [-0.39, 0.29) is 12.0 Å².